The summed E-state index contributed by atoms with van der Waals surface area (Å²) in [6.45, 7) is 5.95. The van der Waals surface area contributed by atoms with Crippen LogP contribution >= 0.6 is 0 Å². The molecule has 2 N–H and O–H groups in total. The predicted molar refractivity (Wildman–Crippen MR) is 61.5 cm³/mol. The lowest BCUT2D eigenvalue weighted by Crippen LogP contribution is -2.46. The van der Waals surface area contributed by atoms with E-state index in [0.717, 1.165) is 13.1 Å². The summed E-state index contributed by atoms with van der Waals surface area (Å²) in [6.07, 6.45) is 0.511. The molecular formula is C11H23N3O. The van der Waals surface area contributed by atoms with Gasteiger partial charge in [-0.25, -0.2) is 0 Å². The molecule has 1 fully saturated rings. The van der Waals surface area contributed by atoms with Gasteiger partial charge >= 0.3 is 0 Å². The number of rotatable bonds is 4. The largest absolute Gasteiger partial charge is 0.337 e. The monoisotopic (exact) mass is 213 g/mol. The lowest BCUT2D eigenvalue weighted by Gasteiger charge is -2.33. The molecule has 0 radical (unpaired) electrons. The Hall–Kier alpha value is -0.610. The molecule has 4 nitrogen and oxygen atoms in total. The number of carbonyl (C=O) groups is 1. The van der Waals surface area contributed by atoms with Crippen molar-refractivity contribution in [3.05, 3.63) is 0 Å². The molecule has 4 heteroatoms. The molecule has 88 valence electrons. The van der Waals surface area contributed by atoms with Crippen LogP contribution in [0.2, 0.25) is 0 Å². The third kappa shape index (κ3) is 3.18. The summed E-state index contributed by atoms with van der Waals surface area (Å²) in [5, 5.41) is 0. The molecular weight excluding hydrogens is 190 g/mol. The van der Waals surface area contributed by atoms with Crippen LogP contribution in [-0.4, -0.2) is 55.0 Å². The van der Waals surface area contributed by atoms with Gasteiger partial charge in [-0.15, -0.1) is 0 Å². The van der Waals surface area contributed by atoms with Crippen LogP contribution in [0.1, 0.15) is 20.3 Å². The van der Waals surface area contributed by atoms with E-state index < -0.39 is 0 Å². The zero-order chi connectivity index (χ0) is 11.6. The van der Waals surface area contributed by atoms with E-state index in [0.29, 0.717) is 18.4 Å². The number of nitrogens with zero attached hydrogens (tertiary/aromatic N) is 2. The molecule has 0 spiro atoms. The fourth-order valence-corrected chi connectivity index (χ4v) is 2.12. The fraction of sp³-hybridized carbons (Fsp3) is 0.909. The van der Waals surface area contributed by atoms with E-state index in [1.165, 1.54) is 0 Å². The van der Waals surface area contributed by atoms with Crippen LogP contribution in [0, 0.1) is 5.92 Å². The Kier molecular flexibility index (Phi) is 4.11. The second-order valence-corrected chi connectivity index (χ2v) is 5.08. The van der Waals surface area contributed by atoms with Gasteiger partial charge in [0.15, 0.2) is 0 Å². The first kappa shape index (κ1) is 12.5. The molecule has 1 aliphatic heterocycles. The molecule has 2 unspecified atom stereocenters. The second-order valence-electron chi connectivity index (χ2n) is 5.08. The van der Waals surface area contributed by atoms with Gasteiger partial charge in [0.05, 0.1) is 0 Å². The van der Waals surface area contributed by atoms with Crippen LogP contribution < -0.4 is 5.73 Å². The van der Waals surface area contributed by atoms with Crippen molar-refractivity contribution in [1.82, 2.24) is 9.80 Å². The molecule has 2 atom stereocenters. The van der Waals surface area contributed by atoms with Crippen LogP contribution in [0.15, 0.2) is 0 Å². The molecule has 0 aromatic heterocycles. The predicted octanol–water partition coefficient (Wildman–Crippen LogP) is 0.132. The summed E-state index contributed by atoms with van der Waals surface area (Å²) < 4.78 is 0. The van der Waals surface area contributed by atoms with Gasteiger partial charge in [0, 0.05) is 31.6 Å². The zero-order valence-electron chi connectivity index (χ0n) is 10.2. The van der Waals surface area contributed by atoms with Gasteiger partial charge in [-0.05, 0) is 20.0 Å². The van der Waals surface area contributed by atoms with Crippen LogP contribution in [0.5, 0.6) is 0 Å². The topological polar surface area (TPSA) is 49.6 Å². The Morgan fingerprint density at radius 3 is 2.47 bits per heavy atom. The van der Waals surface area contributed by atoms with Gasteiger partial charge in [0.25, 0.3) is 0 Å². The highest BCUT2D eigenvalue weighted by atomic mass is 16.2. The molecule has 0 saturated carbocycles. The van der Waals surface area contributed by atoms with Crippen molar-refractivity contribution >= 4 is 5.91 Å². The highest BCUT2D eigenvalue weighted by Crippen LogP contribution is 2.19. The van der Waals surface area contributed by atoms with E-state index in [2.05, 4.69) is 18.7 Å². The first-order valence-corrected chi connectivity index (χ1v) is 5.61. The molecule has 1 saturated heterocycles. The van der Waals surface area contributed by atoms with Gasteiger partial charge in [0.1, 0.15) is 0 Å². The smallest absolute Gasteiger partial charge is 0.224 e. The van der Waals surface area contributed by atoms with E-state index in [1.54, 1.807) is 0 Å². The Morgan fingerprint density at radius 2 is 2.13 bits per heavy atom. The molecule has 0 aromatic rings. The average Bonchev–Trinajstić information content (AvgIpc) is 2.40. The van der Waals surface area contributed by atoms with E-state index >= 15 is 0 Å². The van der Waals surface area contributed by atoms with Crippen molar-refractivity contribution < 1.29 is 4.79 Å². The quantitative estimate of drug-likeness (QED) is 0.722. The van der Waals surface area contributed by atoms with Gasteiger partial charge in [-0.2, -0.15) is 0 Å². The number of hydrogen-bond acceptors (Lipinski definition) is 3. The van der Waals surface area contributed by atoms with Crippen molar-refractivity contribution in [2.75, 3.05) is 27.2 Å². The lowest BCUT2D eigenvalue weighted by molar-refractivity contribution is -0.130. The number of likely N-dealkylation sites (tertiary alicyclic amines) is 1. The number of nitrogens with two attached hydrogens (primary N) is 1. The molecule has 0 aliphatic carbocycles. The van der Waals surface area contributed by atoms with Gasteiger partial charge < -0.3 is 15.5 Å². The number of amides is 1. The third-order valence-corrected chi connectivity index (χ3v) is 2.91. The molecule has 15 heavy (non-hydrogen) atoms. The highest BCUT2D eigenvalue weighted by molar-refractivity contribution is 5.79. The van der Waals surface area contributed by atoms with Gasteiger partial charge in [-0.1, -0.05) is 13.8 Å². The number of hydrogen-bond donors (Lipinski definition) is 1. The molecule has 0 aromatic carbocycles. The van der Waals surface area contributed by atoms with Gasteiger partial charge in [0.2, 0.25) is 5.91 Å². The van der Waals surface area contributed by atoms with Crippen LogP contribution in [0.4, 0.5) is 0 Å². The Balaban J connectivity index is 2.67. The standard InChI is InChI=1S/C11H23N3O/c1-8(2)10(7-13(3)4)14-6-9(12)5-11(14)15/h8-10H,5-7,12H2,1-4H3. The summed E-state index contributed by atoms with van der Waals surface area (Å²) in [4.78, 5) is 15.8. The minimum Gasteiger partial charge on any atom is -0.337 e. The fourth-order valence-electron chi connectivity index (χ4n) is 2.12. The minimum atomic E-state index is 0.0286. The van der Waals surface area contributed by atoms with E-state index in [9.17, 15) is 4.79 Å². The first-order chi connectivity index (χ1) is 6.91. The second kappa shape index (κ2) is 4.94. The maximum Gasteiger partial charge on any atom is 0.224 e. The Morgan fingerprint density at radius 1 is 1.53 bits per heavy atom. The van der Waals surface area contributed by atoms with Crippen molar-refractivity contribution in [3.8, 4) is 0 Å². The maximum absolute atomic E-state index is 11.7. The summed E-state index contributed by atoms with van der Waals surface area (Å²) >= 11 is 0. The van der Waals surface area contributed by atoms with Crippen LogP contribution in [0.3, 0.4) is 0 Å². The minimum absolute atomic E-state index is 0.0286. The molecule has 0 bridgehead atoms. The number of carbonyl (C=O) groups excluding carboxylic acids is 1. The van der Waals surface area contributed by atoms with E-state index in [-0.39, 0.29) is 11.9 Å². The summed E-state index contributed by atoms with van der Waals surface area (Å²) in [5.74, 6) is 0.685. The SMILES string of the molecule is CC(C)C(CN(C)C)N1CC(N)CC1=O. The van der Waals surface area contributed by atoms with E-state index in [4.69, 9.17) is 5.73 Å². The molecule has 1 amide bonds. The summed E-state index contributed by atoms with van der Waals surface area (Å²) in [6, 6.07) is 0.321. The maximum atomic E-state index is 11.7. The molecule has 1 rings (SSSR count). The first-order valence-electron chi connectivity index (χ1n) is 5.61. The normalized spacial score (nSPS) is 24.3. The summed E-state index contributed by atoms with van der Waals surface area (Å²) in [7, 11) is 4.08. The van der Waals surface area contributed by atoms with Crippen LogP contribution in [-0.2, 0) is 4.79 Å². The van der Waals surface area contributed by atoms with Gasteiger partial charge in [-0.3, -0.25) is 4.79 Å². The highest BCUT2D eigenvalue weighted by Gasteiger charge is 2.33. The number of likely N-dealkylation sites (N-methyl/N-ethyl adjacent to an activating group) is 1. The Labute approximate surface area is 92.4 Å². The van der Waals surface area contributed by atoms with Crippen molar-refractivity contribution in [2.24, 2.45) is 11.7 Å². The van der Waals surface area contributed by atoms with Crippen molar-refractivity contribution in [3.63, 3.8) is 0 Å². The lowest BCUT2D eigenvalue weighted by atomic mass is 10.0. The van der Waals surface area contributed by atoms with Crippen molar-refractivity contribution in [1.29, 1.82) is 0 Å². The Bertz CT molecular complexity index is 228. The third-order valence-electron chi connectivity index (χ3n) is 2.91. The zero-order valence-corrected chi connectivity index (χ0v) is 10.2. The molecule has 1 aliphatic rings. The van der Waals surface area contributed by atoms with E-state index in [1.807, 2.05) is 19.0 Å². The average molecular weight is 213 g/mol. The van der Waals surface area contributed by atoms with Crippen LogP contribution in [0.25, 0.3) is 0 Å². The van der Waals surface area contributed by atoms with Crippen molar-refractivity contribution in [2.45, 2.75) is 32.4 Å². The molecule has 1 heterocycles. The summed E-state index contributed by atoms with van der Waals surface area (Å²) in [5.41, 5.74) is 5.81.